The molecule has 0 atom stereocenters. The van der Waals surface area contributed by atoms with Crippen molar-refractivity contribution in [1.29, 1.82) is 0 Å². The minimum Gasteiger partial charge on any atom is -0.385 e. The predicted octanol–water partition coefficient (Wildman–Crippen LogP) is 2.21. The molecule has 0 aliphatic heterocycles. The molecule has 0 aromatic heterocycles. The van der Waals surface area contributed by atoms with Crippen LogP contribution in [0.3, 0.4) is 0 Å². The zero-order chi connectivity index (χ0) is 21.9. The topological polar surface area (TPSA) is 99.8 Å². The van der Waals surface area contributed by atoms with E-state index in [-0.39, 0.29) is 24.3 Å². The van der Waals surface area contributed by atoms with Crippen LogP contribution >= 0.6 is 0 Å². The Bertz CT molecular complexity index is 848. The zero-order valence-corrected chi connectivity index (χ0v) is 17.5. The van der Waals surface area contributed by atoms with Gasteiger partial charge in [-0.1, -0.05) is 0 Å². The van der Waals surface area contributed by atoms with Crippen LogP contribution in [0.4, 0.5) is 11.4 Å². The highest BCUT2D eigenvalue weighted by molar-refractivity contribution is 5.97. The van der Waals surface area contributed by atoms with Crippen molar-refractivity contribution < 1.29 is 19.1 Å². The highest BCUT2D eigenvalue weighted by Crippen LogP contribution is 2.12. The average molecular weight is 412 g/mol. The summed E-state index contributed by atoms with van der Waals surface area (Å²) in [4.78, 5) is 37.6. The van der Waals surface area contributed by atoms with Gasteiger partial charge in [0.25, 0.3) is 11.8 Å². The van der Waals surface area contributed by atoms with E-state index in [4.69, 9.17) is 4.74 Å². The SMILES string of the molecule is COCCCNC(=O)c1ccc(NC(=O)CNc2ccc(C(=O)N(C)C)cc2)cc1. The second kappa shape index (κ2) is 11.6. The van der Waals surface area contributed by atoms with Gasteiger partial charge in [-0.2, -0.15) is 0 Å². The summed E-state index contributed by atoms with van der Waals surface area (Å²) in [6.07, 6.45) is 0.748. The lowest BCUT2D eigenvalue weighted by Crippen LogP contribution is -2.25. The lowest BCUT2D eigenvalue weighted by molar-refractivity contribution is -0.114. The van der Waals surface area contributed by atoms with Crippen molar-refractivity contribution in [2.75, 3.05) is 51.5 Å². The van der Waals surface area contributed by atoms with Gasteiger partial charge < -0.3 is 25.6 Å². The number of methoxy groups -OCH3 is 1. The molecule has 0 heterocycles. The number of carbonyl (C=O) groups excluding carboxylic acids is 3. The summed E-state index contributed by atoms with van der Waals surface area (Å²) in [6, 6.07) is 13.6. The lowest BCUT2D eigenvalue weighted by atomic mass is 10.2. The van der Waals surface area contributed by atoms with E-state index in [1.807, 2.05) is 0 Å². The molecular formula is C22H28N4O4. The Morgan fingerprint density at radius 2 is 1.50 bits per heavy atom. The van der Waals surface area contributed by atoms with E-state index in [2.05, 4.69) is 16.0 Å². The number of nitrogens with zero attached hydrogens (tertiary/aromatic N) is 1. The molecule has 0 aliphatic rings. The van der Waals surface area contributed by atoms with Crippen molar-refractivity contribution in [2.45, 2.75) is 6.42 Å². The monoisotopic (exact) mass is 412 g/mol. The van der Waals surface area contributed by atoms with Crippen LogP contribution in [0, 0.1) is 0 Å². The van der Waals surface area contributed by atoms with Gasteiger partial charge in [0.15, 0.2) is 0 Å². The number of hydrogen-bond donors (Lipinski definition) is 3. The van der Waals surface area contributed by atoms with Gasteiger partial charge in [0.2, 0.25) is 5.91 Å². The maximum Gasteiger partial charge on any atom is 0.253 e. The number of ether oxygens (including phenoxy) is 1. The first kappa shape index (κ1) is 22.9. The molecule has 0 bridgehead atoms. The molecule has 0 aliphatic carbocycles. The molecule has 8 nitrogen and oxygen atoms in total. The lowest BCUT2D eigenvalue weighted by Gasteiger charge is -2.11. The van der Waals surface area contributed by atoms with Crippen molar-refractivity contribution >= 4 is 29.1 Å². The third-order valence-corrected chi connectivity index (χ3v) is 4.23. The van der Waals surface area contributed by atoms with E-state index in [0.29, 0.717) is 30.0 Å². The molecule has 0 radical (unpaired) electrons. The molecule has 3 amide bonds. The fourth-order valence-electron chi connectivity index (χ4n) is 2.60. The fraction of sp³-hybridized carbons (Fsp3) is 0.318. The van der Waals surface area contributed by atoms with Crippen LogP contribution in [0.2, 0.25) is 0 Å². The molecule has 2 aromatic rings. The second-order valence-electron chi connectivity index (χ2n) is 6.86. The van der Waals surface area contributed by atoms with Crippen molar-refractivity contribution in [3.8, 4) is 0 Å². The van der Waals surface area contributed by atoms with Crippen LogP contribution in [0.1, 0.15) is 27.1 Å². The molecule has 3 N–H and O–H groups in total. The van der Waals surface area contributed by atoms with E-state index >= 15 is 0 Å². The number of nitrogens with one attached hydrogen (secondary N) is 3. The number of carbonyl (C=O) groups is 3. The van der Waals surface area contributed by atoms with Gasteiger partial charge in [-0.25, -0.2) is 0 Å². The molecule has 0 fully saturated rings. The van der Waals surface area contributed by atoms with E-state index in [9.17, 15) is 14.4 Å². The van der Waals surface area contributed by atoms with E-state index < -0.39 is 0 Å². The maximum absolute atomic E-state index is 12.1. The predicted molar refractivity (Wildman–Crippen MR) is 117 cm³/mol. The van der Waals surface area contributed by atoms with Gasteiger partial charge >= 0.3 is 0 Å². The third kappa shape index (κ3) is 7.21. The molecule has 8 heteroatoms. The van der Waals surface area contributed by atoms with Crippen LogP contribution in [0.25, 0.3) is 0 Å². The van der Waals surface area contributed by atoms with Gasteiger partial charge in [0.05, 0.1) is 6.54 Å². The summed E-state index contributed by atoms with van der Waals surface area (Å²) in [5.41, 5.74) is 2.44. The molecule has 2 rings (SSSR count). The minimum absolute atomic E-state index is 0.0721. The van der Waals surface area contributed by atoms with Gasteiger partial charge in [-0.15, -0.1) is 0 Å². The molecule has 2 aromatic carbocycles. The van der Waals surface area contributed by atoms with Crippen LogP contribution < -0.4 is 16.0 Å². The maximum atomic E-state index is 12.1. The number of benzene rings is 2. The summed E-state index contributed by atoms with van der Waals surface area (Å²) in [5, 5.41) is 8.59. The van der Waals surface area contributed by atoms with E-state index in [0.717, 1.165) is 12.1 Å². The van der Waals surface area contributed by atoms with Gasteiger partial charge in [-0.05, 0) is 55.0 Å². The van der Waals surface area contributed by atoms with Gasteiger partial charge in [-0.3, -0.25) is 14.4 Å². The molecule has 0 unspecified atom stereocenters. The van der Waals surface area contributed by atoms with Crippen molar-refractivity contribution in [2.24, 2.45) is 0 Å². The third-order valence-electron chi connectivity index (χ3n) is 4.23. The van der Waals surface area contributed by atoms with Gasteiger partial charge in [0.1, 0.15) is 0 Å². The van der Waals surface area contributed by atoms with E-state index in [1.165, 1.54) is 4.90 Å². The largest absolute Gasteiger partial charge is 0.385 e. The minimum atomic E-state index is -0.222. The number of hydrogen-bond acceptors (Lipinski definition) is 5. The first-order valence-electron chi connectivity index (χ1n) is 9.63. The van der Waals surface area contributed by atoms with Crippen molar-refractivity contribution in [1.82, 2.24) is 10.2 Å². The fourth-order valence-corrected chi connectivity index (χ4v) is 2.60. The zero-order valence-electron chi connectivity index (χ0n) is 17.5. The number of anilines is 2. The van der Waals surface area contributed by atoms with Crippen LogP contribution in [0.5, 0.6) is 0 Å². The molecule has 0 spiro atoms. The Hall–Kier alpha value is -3.39. The average Bonchev–Trinajstić information content (AvgIpc) is 2.75. The van der Waals surface area contributed by atoms with Gasteiger partial charge in [0, 0.05) is 56.9 Å². The first-order valence-corrected chi connectivity index (χ1v) is 9.63. The standard InChI is InChI=1S/C22H28N4O4/c1-26(2)22(29)17-7-9-18(10-8-17)24-15-20(27)25-19-11-5-16(6-12-19)21(28)23-13-4-14-30-3/h5-12,24H,4,13-15H2,1-3H3,(H,23,28)(H,25,27). The summed E-state index contributed by atoms with van der Waals surface area (Å²) in [5.74, 6) is -0.464. The highest BCUT2D eigenvalue weighted by atomic mass is 16.5. The Morgan fingerprint density at radius 1 is 0.900 bits per heavy atom. The molecule has 0 saturated carbocycles. The number of amides is 3. The smallest absolute Gasteiger partial charge is 0.253 e. The van der Waals surface area contributed by atoms with Crippen LogP contribution in [-0.4, -0.2) is 63.5 Å². The van der Waals surface area contributed by atoms with Crippen LogP contribution in [-0.2, 0) is 9.53 Å². The Balaban J connectivity index is 1.79. The Labute approximate surface area is 176 Å². The Morgan fingerprint density at radius 3 is 2.10 bits per heavy atom. The summed E-state index contributed by atoms with van der Waals surface area (Å²) in [6.45, 7) is 1.21. The number of rotatable bonds is 10. The molecule has 0 saturated heterocycles. The summed E-state index contributed by atoms with van der Waals surface area (Å²) >= 11 is 0. The molecule has 30 heavy (non-hydrogen) atoms. The van der Waals surface area contributed by atoms with Crippen molar-refractivity contribution in [3.63, 3.8) is 0 Å². The molecule has 160 valence electrons. The molecular weight excluding hydrogens is 384 g/mol. The Kier molecular flexibility index (Phi) is 8.83. The normalized spacial score (nSPS) is 10.2. The first-order chi connectivity index (χ1) is 14.4. The van der Waals surface area contributed by atoms with Crippen LogP contribution in [0.15, 0.2) is 48.5 Å². The second-order valence-corrected chi connectivity index (χ2v) is 6.86. The van der Waals surface area contributed by atoms with Crippen molar-refractivity contribution in [3.05, 3.63) is 59.7 Å². The summed E-state index contributed by atoms with van der Waals surface area (Å²) < 4.78 is 4.94. The summed E-state index contributed by atoms with van der Waals surface area (Å²) in [7, 11) is 5.01. The quantitative estimate of drug-likeness (QED) is 0.520. The highest BCUT2D eigenvalue weighted by Gasteiger charge is 2.09. The van der Waals surface area contributed by atoms with E-state index in [1.54, 1.807) is 69.7 Å².